The highest BCUT2D eigenvalue weighted by atomic mass is 32.1. The fraction of sp³-hybridized carbons (Fsp3) is 0.875. The first-order valence-corrected chi connectivity index (χ1v) is 8.66. The number of ether oxygens (including phenoxy) is 3. The molecule has 0 atom stereocenters. The molecule has 0 aromatic carbocycles. The molecule has 7 heteroatoms. The molecule has 2 rings (SSSR count). The Balaban J connectivity index is 1.82. The summed E-state index contributed by atoms with van der Waals surface area (Å²) in [6.07, 6.45) is 3.03. The van der Waals surface area contributed by atoms with E-state index in [0.29, 0.717) is 11.7 Å². The van der Waals surface area contributed by atoms with E-state index in [1.165, 1.54) is 0 Å². The SMILES string of the molecule is CCOC(=O)NC(=S)N(C)C1CCC2(CC1)OCC(C)(C)CO2. The van der Waals surface area contributed by atoms with Crippen molar-refractivity contribution in [1.29, 1.82) is 0 Å². The average molecular weight is 344 g/mol. The van der Waals surface area contributed by atoms with Crippen LogP contribution in [-0.2, 0) is 14.2 Å². The number of nitrogens with zero attached hydrogens (tertiary/aromatic N) is 1. The maximum Gasteiger partial charge on any atom is 0.413 e. The summed E-state index contributed by atoms with van der Waals surface area (Å²) in [6, 6.07) is 0.275. The standard InChI is InChI=1S/C16H28N2O4S/c1-5-20-14(19)17-13(23)18(4)12-6-8-16(9-7-12)21-10-15(2,3)11-22-16/h12H,5-11H2,1-4H3,(H,17,19,23). The number of rotatable bonds is 2. The molecule has 2 fully saturated rings. The first-order valence-electron chi connectivity index (χ1n) is 8.25. The van der Waals surface area contributed by atoms with Crippen LogP contribution in [-0.4, -0.2) is 54.8 Å². The Labute approximate surface area is 143 Å². The molecule has 6 nitrogen and oxygen atoms in total. The van der Waals surface area contributed by atoms with E-state index in [1.807, 2.05) is 11.9 Å². The number of carbonyl (C=O) groups excluding carboxylic acids is 1. The molecule has 1 N–H and O–H groups in total. The van der Waals surface area contributed by atoms with Crippen molar-refractivity contribution in [2.75, 3.05) is 26.9 Å². The van der Waals surface area contributed by atoms with Gasteiger partial charge in [0.05, 0.1) is 19.8 Å². The Hall–Kier alpha value is -0.920. The maximum absolute atomic E-state index is 11.5. The van der Waals surface area contributed by atoms with Crippen LogP contribution < -0.4 is 5.32 Å². The van der Waals surface area contributed by atoms with Gasteiger partial charge in [-0.25, -0.2) is 4.79 Å². The van der Waals surface area contributed by atoms with Crippen LogP contribution in [0.4, 0.5) is 4.79 Å². The Kier molecular flexibility index (Phi) is 5.86. The van der Waals surface area contributed by atoms with Crippen LogP contribution in [0.2, 0.25) is 0 Å². The fourth-order valence-electron chi connectivity index (χ4n) is 2.96. The molecule has 23 heavy (non-hydrogen) atoms. The molecule has 1 aliphatic carbocycles. The third-order valence-electron chi connectivity index (χ3n) is 4.52. The molecule has 0 unspecified atom stereocenters. The summed E-state index contributed by atoms with van der Waals surface area (Å²) in [5.74, 6) is -0.428. The molecule has 1 spiro atoms. The molecular formula is C16H28N2O4S. The Morgan fingerprint density at radius 3 is 2.39 bits per heavy atom. The molecule has 2 aliphatic rings. The number of hydrogen-bond acceptors (Lipinski definition) is 5. The van der Waals surface area contributed by atoms with Gasteiger partial charge in [-0.05, 0) is 32.0 Å². The van der Waals surface area contributed by atoms with Crippen LogP contribution in [0.25, 0.3) is 0 Å². The van der Waals surface area contributed by atoms with Crippen molar-refractivity contribution in [2.24, 2.45) is 5.41 Å². The summed E-state index contributed by atoms with van der Waals surface area (Å²) in [5, 5.41) is 2.99. The molecule has 132 valence electrons. The third kappa shape index (κ3) is 4.78. The van der Waals surface area contributed by atoms with Gasteiger partial charge in [-0.2, -0.15) is 0 Å². The van der Waals surface area contributed by atoms with Gasteiger partial charge >= 0.3 is 6.09 Å². The molecule has 0 bridgehead atoms. The lowest BCUT2D eigenvalue weighted by atomic mass is 9.86. The van der Waals surface area contributed by atoms with Crippen LogP contribution in [0.3, 0.4) is 0 Å². The van der Waals surface area contributed by atoms with E-state index in [-0.39, 0.29) is 11.5 Å². The number of nitrogens with one attached hydrogen (secondary N) is 1. The molecule has 1 aliphatic heterocycles. The van der Waals surface area contributed by atoms with Gasteiger partial charge in [0.25, 0.3) is 0 Å². The van der Waals surface area contributed by atoms with Crippen LogP contribution in [0.15, 0.2) is 0 Å². The van der Waals surface area contributed by atoms with Gasteiger partial charge in [-0.3, -0.25) is 5.32 Å². The summed E-state index contributed by atoms with van der Waals surface area (Å²) >= 11 is 5.28. The van der Waals surface area contributed by atoms with E-state index in [2.05, 4.69) is 19.2 Å². The summed E-state index contributed by atoms with van der Waals surface area (Å²) in [7, 11) is 1.91. The van der Waals surface area contributed by atoms with Gasteiger partial charge in [0, 0.05) is 31.3 Å². The quantitative estimate of drug-likeness (QED) is 0.777. The second-order valence-corrected chi connectivity index (χ2v) is 7.53. The van der Waals surface area contributed by atoms with Crippen LogP contribution in [0.1, 0.15) is 46.5 Å². The molecule has 1 amide bonds. The van der Waals surface area contributed by atoms with Crippen molar-refractivity contribution in [2.45, 2.75) is 58.3 Å². The summed E-state index contributed by atoms with van der Waals surface area (Å²) in [5.41, 5.74) is 0.0873. The van der Waals surface area contributed by atoms with Crippen molar-refractivity contribution in [3.05, 3.63) is 0 Å². The number of hydrogen-bond donors (Lipinski definition) is 1. The zero-order valence-electron chi connectivity index (χ0n) is 14.5. The maximum atomic E-state index is 11.5. The zero-order valence-corrected chi connectivity index (χ0v) is 15.3. The largest absolute Gasteiger partial charge is 0.450 e. The van der Waals surface area contributed by atoms with Gasteiger partial charge in [0.2, 0.25) is 0 Å². The second kappa shape index (κ2) is 7.32. The lowest BCUT2D eigenvalue weighted by Crippen LogP contribution is -2.53. The Morgan fingerprint density at radius 1 is 1.30 bits per heavy atom. The smallest absolute Gasteiger partial charge is 0.413 e. The lowest BCUT2D eigenvalue weighted by molar-refractivity contribution is -0.311. The van der Waals surface area contributed by atoms with Crippen LogP contribution >= 0.6 is 12.2 Å². The number of alkyl carbamates (subject to hydrolysis) is 1. The second-order valence-electron chi connectivity index (χ2n) is 7.14. The molecule has 1 heterocycles. The van der Waals surface area contributed by atoms with Crippen molar-refractivity contribution in [3.63, 3.8) is 0 Å². The van der Waals surface area contributed by atoms with Gasteiger partial charge in [0.15, 0.2) is 10.9 Å². The summed E-state index contributed by atoms with van der Waals surface area (Å²) in [6.45, 7) is 7.86. The molecule has 0 radical (unpaired) electrons. The molecule has 0 aromatic rings. The van der Waals surface area contributed by atoms with Crippen molar-refractivity contribution in [3.8, 4) is 0 Å². The van der Waals surface area contributed by atoms with Crippen LogP contribution in [0.5, 0.6) is 0 Å². The predicted octanol–water partition coefficient (Wildman–Crippen LogP) is 2.66. The first kappa shape index (κ1) is 18.4. The minimum absolute atomic E-state index is 0.0873. The Morgan fingerprint density at radius 2 is 1.87 bits per heavy atom. The Bertz CT molecular complexity index is 435. The monoisotopic (exact) mass is 344 g/mol. The number of thiocarbonyl (C=S) groups is 1. The number of carbonyl (C=O) groups is 1. The van der Waals surface area contributed by atoms with E-state index in [1.54, 1.807) is 6.92 Å². The van der Waals surface area contributed by atoms with Gasteiger partial charge in [0.1, 0.15) is 0 Å². The van der Waals surface area contributed by atoms with Gasteiger partial charge < -0.3 is 19.1 Å². The van der Waals surface area contributed by atoms with Crippen LogP contribution in [0, 0.1) is 5.41 Å². The number of amides is 1. The van der Waals surface area contributed by atoms with E-state index >= 15 is 0 Å². The zero-order chi connectivity index (χ0) is 17.1. The normalized spacial score (nSPS) is 23.3. The average Bonchev–Trinajstić information content (AvgIpc) is 2.51. The fourth-order valence-corrected chi connectivity index (χ4v) is 3.20. The van der Waals surface area contributed by atoms with E-state index in [9.17, 15) is 4.79 Å². The molecular weight excluding hydrogens is 316 g/mol. The minimum Gasteiger partial charge on any atom is -0.450 e. The summed E-state index contributed by atoms with van der Waals surface area (Å²) in [4.78, 5) is 13.4. The highest BCUT2D eigenvalue weighted by Gasteiger charge is 2.43. The van der Waals surface area contributed by atoms with Gasteiger partial charge in [-0.1, -0.05) is 13.8 Å². The van der Waals surface area contributed by atoms with Gasteiger partial charge in [-0.15, -0.1) is 0 Å². The van der Waals surface area contributed by atoms with Crippen molar-refractivity contribution >= 4 is 23.4 Å². The molecule has 1 saturated heterocycles. The van der Waals surface area contributed by atoms with E-state index < -0.39 is 11.9 Å². The van der Waals surface area contributed by atoms with Crippen molar-refractivity contribution < 1.29 is 19.0 Å². The molecule has 1 saturated carbocycles. The highest BCUT2D eigenvalue weighted by Crippen LogP contribution is 2.40. The van der Waals surface area contributed by atoms with E-state index in [0.717, 1.165) is 38.9 Å². The predicted molar refractivity (Wildman–Crippen MR) is 91.2 cm³/mol. The topological polar surface area (TPSA) is 60.0 Å². The molecule has 0 aromatic heterocycles. The van der Waals surface area contributed by atoms with Crippen molar-refractivity contribution in [1.82, 2.24) is 10.2 Å². The summed E-state index contributed by atoms with van der Waals surface area (Å²) < 4.78 is 16.9. The highest BCUT2D eigenvalue weighted by molar-refractivity contribution is 7.80. The minimum atomic E-state index is -0.502. The first-order chi connectivity index (χ1) is 10.8. The third-order valence-corrected chi connectivity index (χ3v) is 4.91. The van der Waals surface area contributed by atoms with E-state index in [4.69, 9.17) is 26.4 Å². The lowest BCUT2D eigenvalue weighted by Gasteiger charge is -2.48.